The first-order valence-electron chi connectivity index (χ1n) is 12.2. The highest BCUT2D eigenvalue weighted by atomic mass is 16.6. The van der Waals surface area contributed by atoms with E-state index in [1.54, 1.807) is 78.9 Å². The zero-order chi connectivity index (χ0) is 27.7. The molecule has 0 fully saturated rings. The molecular formula is C30H33N3O5. The molecule has 38 heavy (non-hydrogen) atoms. The first-order chi connectivity index (χ1) is 18.0. The lowest BCUT2D eigenvalue weighted by atomic mass is 9.78. The Balaban J connectivity index is 1.67. The lowest BCUT2D eigenvalue weighted by molar-refractivity contribution is -0.111. The average Bonchev–Trinajstić information content (AvgIpc) is 2.87. The number of nitrogen functional groups attached to an aromatic ring is 1. The van der Waals surface area contributed by atoms with E-state index in [1.165, 1.54) is 13.0 Å². The molecule has 198 valence electrons. The Labute approximate surface area is 222 Å². The lowest BCUT2D eigenvalue weighted by Gasteiger charge is -2.34. The van der Waals surface area contributed by atoms with Gasteiger partial charge in [0.2, 0.25) is 5.91 Å². The lowest BCUT2D eigenvalue weighted by Crippen LogP contribution is -2.29. The molecule has 0 radical (unpaired) electrons. The van der Waals surface area contributed by atoms with Crippen molar-refractivity contribution in [2.45, 2.75) is 39.7 Å². The van der Waals surface area contributed by atoms with Gasteiger partial charge in [0.15, 0.2) is 5.78 Å². The number of phenols is 1. The van der Waals surface area contributed by atoms with Gasteiger partial charge >= 0.3 is 6.09 Å². The van der Waals surface area contributed by atoms with Gasteiger partial charge in [-0.15, -0.1) is 0 Å². The van der Waals surface area contributed by atoms with Crippen molar-refractivity contribution in [2.75, 3.05) is 16.4 Å². The molecule has 0 aliphatic heterocycles. The van der Waals surface area contributed by atoms with Gasteiger partial charge in [-0.2, -0.15) is 0 Å². The zero-order valence-corrected chi connectivity index (χ0v) is 21.7. The molecule has 3 aromatic rings. The van der Waals surface area contributed by atoms with Crippen LogP contribution in [0.15, 0.2) is 84.9 Å². The Hall–Kier alpha value is -4.59. The first-order valence-corrected chi connectivity index (χ1v) is 12.2. The minimum absolute atomic E-state index is 0.0657. The second-order valence-electron chi connectivity index (χ2n) is 9.64. The Morgan fingerprint density at radius 1 is 0.974 bits per heavy atom. The van der Waals surface area contributed by atoms with Crippen LogP contribution in [0.4, 0.5) is 21.9 Å². The third-order valence-electron chi connectivity index (χ3n) is 6.11. The summed E-state index contributed by atoms with van der Waals surface area (Å²) >= 11 is 0. The topological polar surface area (TPSA) is 131 Å². The van der Waals surface area contributed by atoms with Gasteiger partial charge < -0.3 is 20.9 Å². The third-order valence-corrected chi connectivity index (χ3v) is 6.11. The number of hydrogen-bond donors (Lipinski definition) is 4. The van der Waals surface area contributed by atoms with Crippen LogP contribution in [0.1, 0.15) is 55.6 Å². The predicted molar refractivity (Wildman–Crippen MR) is 149 cm³/mol. The number of ketones is 1. The fourth-order valence-corrected chi connectivity index (χ4v) is 3.93. The first kappa shape index (κ1) is 28.0. The molecule has 2 amide bonds. The van der Waals surface area contributed by atoms with Crippen molar-refractivity contribution < 1.29 is 24.2 Å². The van der Waals surface area contributed by atoms with Crippen molar-refractivity contribution in [1.82, 2.24) is 0 Å². The van der Waals surface area contributed by atoms with Crippen LogP contribution < -0.4 is 16.4 Å². The molecule has 0 heterocycles. The number of ether oxygens (including phenoxy) is 1. The maximum absolute atomic E-state index is 12.8. The molecule has 5 N–H and O–H groups in total. The van der Waals surface area contributed by atoms with Crippen molar-refractivity contribution in [1.29, 1.82) is 0 Å². The molecule has 0 spiro atoms. The maximum Gasteiger partial charge on any atom is 0.412 e. The van der Waals surface area contributed by atoms with Gasteiger partial charge in [-0.25, -0.2) is 4.79 Å². The van der Waals surface area contributed by atoms with Crippen LogP contribution in [0.25, 0.3) is 0 Å². The summed E-state index contributed by atoms with van der Waals surface area (Å²) in [6.07, 6.45) is 3.07. The summed E-state index contributed by atoms with van der Waals surface area (Å²) in [7, 11) is 0. The number of allylic oxidation sites excluding steroid dienone is 1. The van der Waals surface area contributed by atoms with Crippen molar-refractivity contribution in [2.24, 2.45) is 5.41 Å². The van der Waals surface area contributed by atoms with E-state index in [9.17, 15) is 19.5 Å². The molecule has 0 aliphatic carbocycles. The van der Waals surface area contributed by atoms with Crippen molar-refractivity contribution in [3.8, 4) is 5.75 Å². The smallest absolute Gasteiger partial charge is 0.412 e. The van der Waals surface area contributed by atoms with E-state index in [0.29, 0.717) is 35.5 Å². The fraction of sp³-hybridized carbons (Fsp3) is 0.233. The number of nitrogens with two attached hydrogens (primary N) is 1. The van der Waals surface area contributed by atoms with E-state index in [1.807, 2.05) is 13.8 Å². The summed E-state index contributed by atoms with van der Waals surface area (Å²) in [6, 6.07) is 20.1. The third kappa shape index (κ3) is 7.96. The number of phenolic OH excluding ortho intramolecular Hbond substituents is 1. The molecule has 0 aliphatic rings. The number of anilines is 3. The summed E-state index contributed by atoms with van der Waals surface area (Å²) in [5, 5.41) is 15.2. The average molecular weight is 516 g/mol. The van der Waals surface area contributed by atoms with Gasteiger partial charge in [0.1, 0.15) is 11.9 Å². The van der Waals surface area contributed by atoms with E-state index >= 15 is 0 Å². The largest absolute Gasteiger partial charge is 0.508 e. The Morgan fingerprint density at radius 2 is 1.63 bits per heavy atom. The Morgan fingerprint density at radius 3 is 2.26 bits per heavy atom. The van der Waals surface area contributed by atoms with Crippen molar-refractivity contribution >= 4 is 34.8 Å². The molecule has 3 rings (SSSR count). The van der Waals surface area contributed by atoms with Crippen molar-refractivity contribution in [3.63, 3.8) is 0 Å². The van der Waals surface area contributed by atoms with Gasteiger partial charge in [0, 0.05) is 16.7 Å². The summed E-state index contributed by atoms with van der Waals surface area (Å²) in [4.78, 5) is 36.6. The number of rotatable bonds is 10. The van der Waals surface area contributed by atoms with Crippen LogP contribution in [0.5, 0.6) is 5.75 Å². The van der Waals surface area contributed by atoms with Gasteiger partial charge in [-0.1, -0.05) is 44.2 Å². The number of nitrogens with one attached hydrogen (secondary N) is 2. The summed E-state index contributed by atoms with van der Waals surface area (Å²) in [6.45, 7) is 5.41. The van der Waals surface area contributed by atoms with Crippen LogP contribution in [-0.4, -0.2) is 22.9 Å². The van der Waals surface area contributed by atoms with E-state index in [-0.39, 0.29) is 17.4 Å². The number of hydrogen-bond acceptors (Lipinski definition) is 6. The van der Waals surface area contributed by atoms with Gasteiger partial charge in [0.05, 0.1) is 11.4 Å². The van der Waals surface area contributed by atoms with E-state index in [4.69, 9.17) is 10.5 Å². The monoisotopic (exact) mass is 515 g/mol. The molecular weight excluding hydrogens is 482 g/mol. The number of aromatic hydroxyl groups is 1. The number of carbonyl (C=O) groups is 3. The van der Waals surface area contributed by atoms with Crippen LogP contribution in [0.3, 0.4) is 0 Å². The van der Waals surface area contributed by atoms with E-state index in [2.05, 4.69) is 10.6 Å². The number of carbonyl (C=O) groups excluding carboxylic acids is 3. The second-order valence-corrected chi connectivity index (χ2v) is 9.64. The quantitative estimate of drug-likeness (QED) is 0.139. The maximum atomic E-state index is 12.8. The van der Waals surface area contributed by atoms with Gasteiger partial charge in [0.25, 0.3) is 0 Å². The highest BCUT2D eigenvalue weighted by molar-refractivity contribution is 6.01. The standard InChI is InChI=1S/C30H33N3O5/c1-20(34)21-11-15-23(16-12-21)32-29(37)38-28(22-13-17-24(35)18-14-22)30(2,3)19-7-6-10-27(36)33-26-9-5-4-8-25(26)31/h4-6,8-18,28,35H,7,19,31H2,1-3H3,(H,32,37)(H,33,36)/b10-6+/t28-/m1/s1. The van der Waals surface area contributed by atoms with Crippen LogP contribution in [0.2, 0.25) is 0 Å². The van der Waals surface area contributed by atoms with E-state index < -0.39 is 17.6 Å². The molecule has 3 aromatic carbocycles. The zero-order valence-electron chi connectivity index (χ0n) is 21.7. The summed E-state index contributed by atoms with van der Waals surface area (Å²) in [5.41, 5.74) is 8.13. The highest BCUT2D eigenvalue weighted by Crippen LogP contribution is 2.41. The molecule has 0 aromatic heterocycles. The van der Waals surface area contributed by atoms with Gasteiger partial charge in [-0.05, 0) is 79.9 Å². The molecule has 0 unspecified atom stereocenters. The highest BCUT2D eigenvalue weighted by Gasteiger charge is 2.34. The second kappa shape index (κ2) is 12.6. The van der Waals surface area contributed by atoms with Crippen molar-refractivity contribution in [3.05, 3.63) is 96.1 Å². The van der Waals surface area contributed by atoms with Gasteiger partial charge in [-0.3, -0.25) is 14.9 Å². The summed E-state index contributed by atoms with van der Waals surface area (Å²) < 4.78 is 5.88. The SMILES string of the molecule is CC(=O)c1ccc(NC(=O)O[C@H](c2ccc(O)cc2)C(C)(C)CC/C=C/C(=O)Nc2ccccc2N)cc1. The molecule has 0 saturated carbocycles. The number of amides is 2. The number of para-hydroxylation sites is 2. The minimum Gasteiger partial charge on any atom is -0.508 e. The van der Waals surface area contributed by atoms with Crippen LogP contribution in [-0.2, 0) is 9.53 Å². The summed E-state index contributed by atoms with van der Waals surface area (Å²) in [5.74, 6) is -0.250. The number of benzene rings is 3. The van der Waals surface area contributed by atoms with Crippen LogP contribution in [0, 0.1) is 5.41 Å². The molecule has 0 bridgehead atoms. The molecule has 8 heteroatoms. The molecule has 8 nitrogen and oxygen atoms in total. The molecule has 1 atom stereocenters. The van der Waals surface area contributed by atoms with Crippen LogP contribution >= 0.6 is 0 Å². The fourth-order valence-electron chi connectivity index (χ4n) is 3.93. The normalized spacial score (nSPS) is 12.1. The number of Topliss-reactive ketones (excluding diaryl/α,β-unsaturated/α-hetero) is 1. The predicted octanol–water partition coefficient (Wildman–Crippen LogP) is 6.47. The Bertz CT molecular complexity index is 1300. The minimum atomic E-state index is -0.651. The van der Waals surface area contributed by atoms with E-state index in [0.717, 1.165) is 5.56 Å². The molecule has 0 saturated heterocycles. The Kier molecular flexibility index (Phi) is 9.27.